The van der Waals surface area contributed by atoms with E-state index in [1.807, 2.05) is 25.3 Å². The molecular weight excluding hydrogens is 122 g/mol. The van der Waals surface area contributed by atoms with Crippen LogP contribution < -0.4 is 5.32 Å². The fourth-order valence-electron chi connectivity index (χ4n) is 0.549. The van der Waals surface area contributed by atoms with Crippen molar-refractivity contribution in [2.24, 2.45) is 0 Å². The highest BCUT2D eigenvalue weighted by Gasteiger charge is 1.99. The molecule has 1 aliphatic rings. The summed E-state index contributed by atoms with van der Waals surface area (Å²) < 4.78 is 0. The van der Waals surface area contributed by atoms with Crippen LogP contribution in [-0.4, -0.2) is 0 Å². The van der Waals surface area contributed by atoms with E-state index < -0.39 is 0 Å². The maximum atomic E-state index is 5.62. The topological polar surface area (TPSA) is 12.0 Å². The Morgan fingerprint density at radius 3 is 2.75 bits per heavy atom. The molecule has 0 amide bonds. The maximum Gasteiger partial charge on any atom is 0.0804 e. The molecule has 0 spiro atoms. The highest BCUT2D eigenvalue weighted by molar-refractivity contribution is 6.31. The molecule has 8 heavy (non-hydrogen) atoms. The summed E-state index contributed by atoms with van der Waals surface area (Å²) in [5, 5.41) is 3.77. The zero-order valence-corrected chi connectivity index (χ0v) is 5.37. The first-order chi connectivity index (χ1) is 3.79. The molecule has 1 radical (unpaired) electrons. The zero-order chi connectivity index (χ0) is 5.98. The quantitative estimate of drug-likeness (QED) is 0.525. The molecule has 2 heteroatoms. The molecule has 0 bridgehead atoms. The van der Waals surface area contributed by atoms with Gasteiger partial charge in [0.25, 0.3) is 0 Å². The van der Waals surface area contributed by atoms with Gasteiger partial charge in [-0.05, 0) is 25.3 Å². The van der Waals surface area contributed by atoms with E-state index >= 15 is 0 Å². The minimum absolute atomic E-state index is 0.779. The van der Waals surface area contributed by atoms with Crippen LogP contribution in [-0.2, 0) is 0 Å². The molecule has 43 valence electrons. The summed E-state index contributed by atoms with van der Waals surface area (Å²) in [5.41, 5.74) is 0. The number of nitrogens with one attached hydrogen (secondary N) is 1. The summed E-state index contributed by atoms with van der Waals surface area (Å²) in [6, 6.07) is 1.08. The Bertz CT molecular complexity index is 137. The Morgan fingerprint density at radius 1 is 1.62 bits per heavy atom. The van der Waals surface area contributed by atoms with Crippen molar-refractivity contribution in [3.05, 3.63) is 29.4 Å². The summed E-state index contributed by atoms with van der Waals surface area (Å²) in [6.45, 7) is 1.96. The van der Waals surface area contributed by atoms with Crippen LogP contribution in [0.5, 0.6) is 0 Å². The van der Waals surface area contributed by atoms with Crippen molar-refractivity contribution in [3.8, 4) is 0 Å². The van der Waals surface area contributed by atoms with Gasteiger partial charge in [-0.3, -0.25) is 0 Å². The smallest absolute Gasteiger partial charge is 0.0804 e. The fourth-order valence-corrected chi connectivity index (χ4v) is 0.776. The number of hydrogen-bond acceptors (Lipinski definition) is 1. The highest BCUT2D eigenvalue weighted by atomic mass is 35.5. The third-order valence-corrected chi connectivity index (χ3v) is 1.14. The van der Waals surface area contributed by atoms with Crippen molar-refractivity contribution < 1.29 is 0 Å². The van der Waals surface area contributed by atoms with E-state index in [0.717, 1.165) is 11.1 Å². The van der Waals surface area contributed by atoms with E-state index in [0.29, 0.717) is 0 Å². The molecule has 0 aromatic carbocycles. The van der Waals surface area contributed by atoms with Crippen molar-refractivity contribution >= 4 is 11.6 Å². The molecule has 1 heterocycles. The summed E-state index contributed by atoms with van der Waals surface area (Å²) in [4.78, 5) is 0. The Hall–Kier alpha value is -0.430. The van der Waals surface area contributed by atoms with Gasteiger partial charge in [0.1, 0.15) is 0 Å². The number of allylic oxidation sites excluding steroid dienone is 2. The number of rotatable bonds is 0. The van der Waals surface area contributed by atoms with Crippen LogP contribution in [0.25, 0.3) is 0 Å². The van der Waals surface area contributed by atoms with Crippen molar-refractivity contribution in [2.45, 2.75) is 6.92 Å². The molecule has 0 aromatic rings. The lowest BCUT2D eigenvalue weighted by molar-refractivity contribution is 0.925. The molecule has 0 atom stereocenters. The van der Waals surface area contributed by atoms with Gasteiger partial charge in [0, 0.05) is 5.03 Å². The van der Waals surface area contributed by atoms with E-state index in [1.54, 1.807) is 0 Å². The third-order valence-electron chi connectivity index (χ3n) is 0.908. The van der Waals surface area contributed by atoms with Crippen LogP contribution in [0.15, 0.2) is 23.4 Å². The van der Waals surface area contributed by atoms with Crippen molar-refractivity contribution in [2.75, 3.05) is 0 Å². The van der Waals surface area contributed by atoms with Crippen molar-refractivity contribution in [1.29, 1.82) is 0 Å². The SMILES string of the molecule is C[C]1C=C(Cl)C=CN1. The van der Waals surface area contributed by atoms with Gasteiger partial charge in [-0.2, -0.15) is 0 Å². The van der Waals surface area contributed by atoms with Gasteiger partial charge in [0.05, 0.1) is 6.04 Å². The Balaban J connectivity index is 2.63. The van der Waals surface area contributed by atoms with Gasteiger partial charge in [-0.1, -0.05) is 11.6 Å². The monoisotopic (exact) mass is 128 g/mol. The highest BCUT2D eigenvalue weighted by Crippen LogP contribution is 2.11. The molecule has 0 saturated carbocycles. The Morgan fingerprint density at radius 2 is 2.38 bits per heavy atom. The second-order valence-electron chi connectivity index (χ2n) is 1.69. The molecule has 0 saturated heterocycles. The number of hydrogen-bond donors (Lipinski definition) is 1. The van der Waals surface area contributed by atoms with Gasteiger partial charge in [-0.15, -0.1) is 0 Å². The molecule has 1 rings (SSSR count). The zero-order valence-electron chi connectivity index (χ0n) is 4.61. The predicted molar refractivity (Wildman–Crippen MR) is 35.1 cm³/mol. The second-order valence-corrected chi connectivity index (χ2v) is 2.13. The maximum absolute atomic E-state index is 5.62. The average molecular weight is 129 g/mol. The van der Waals surface area contributed by atoms with Gasteiger partial charge >= 0.3 is 0 Å². The molecular formula is C6H7ClN. The second kappa shape index (κ2) is 2.23. The lowest BCUT2D eigenvalue weighted by Gasteiger charge is -2.08. The standard InChI is InChI=1S/C6H7ClN/c1-5-4-6(7)2-3-8-5/h2-4,8H,1H3. The third kappa shape index (κ3) is 1.27. The Kier molecular flexibility index (Phi) is 1.59. The molecule has 0 fully saturated rings. The normalized spacial score (nSPS) is 20.0. The molecule has 1 aliphatic heterocycles. The van der Waals surface area contributed by atoms with Crippen LogP contribution in [0.4, 0.5) is 0 Å². The fraction of sp³-hybridized carbons (Fsp3) is 0.167. The lowest BCUT2D eigenvalue weighted by atomic mass is 10.2. The van der Waals surface area contributed by atoms with E-state index in [9.17, 15) is 0 Å². The molecule has 0 unspecified atom stereocenters. The summed E-state index contributed by atoms with van der Waals surface area (Å²) >= 11 is 5.62. The van der Waals surface area contributed by atoms with Crippen molar-refractivity contribution in [3.63, 3.8) is 0 Å². The van der Waals surface area contributed by atoms with E-state index in [4.69, 9.17) is 11.6 Å². The minimum Gasteiger partial charge on any atom is -0.380 e. The van der Waals surface area contributed by atoms with Crippen LogP contribution >= 0.6 is 11.6 Å². The minimum atomic E-state index is 0.779. The average Bonchev–Trinajstić information content (AvgIpc) is 1.64. The van der Waals surface area contributed by atoms with Crippen LogP contribution in [0.2, 0.25) is 0 Å². The molecule has 0 aromatic heterocycles. The van der Waals surface area contributed by atoms with Crippen molar-refractivity contribution in [1.82, 2.24) is 5.32 Å². The van der Waals surface area contributed by atoms with Gasteiger partial charge in [0.2, 0.25) is 0 Å². The van der Waals surface area contributed by atoms with Crippen LogP contribution in [0, 0.1) is 6.04 Å². The van der Waals surface area contributed by atoms with Gasteiger partial charge in [0.15, 0.2) is 0 Å². The molecule has 1 N–H and O–H groups in total. The van der Waals surface area contributed by atoms with E-state index in [1.165, 1.54) is 0 Å². The summed E-state index contributed by atoms with van der Waals surface area (Å²) in [7, 11) is 0. The first-order valence-electron chi connectivity index (χ1n) is 2.43. The summed E-state index contributed by atoms with van der Waals surface area (Å²) in [6.07, 6.45) is 5.51. The van der Waals surface area contributed by atoms with Gasteiger partial charge < -0.3 is 5.32 Å². The van der Waals surface area contributed by atoms with Crippen LogP contribution in [0.1, 0.15) is 6.92 Å². The van der Waals surface area contributed by atoms with E-state index in [-0.39, 0.29) is 0 Å². The lowest BCUT2D eigenvalue weighted by Crippen LogP contribution is -2.11. The first kappa shape index (κ1) is 5.70. The number of halogens is 1. The Labute approximate surface area is 54.0 Å². The number of dihydropyridines is 1. The first-order valence-corrected chi connectivity index (χ1v) is 2.80. The molecule has 0 aliphatic carbocycles. The van der Waals surface area contributed by atoms with Crippen LogP contribution in [0.3, 0.4) is 0 Å². The summed E-state index contributed by atoms with van der Waals surface area (Å²) in [5.74, 6) is 0. The molecule has 1 nitrogen and oxygen atoms in total. The van der Waals surface area contributed by atoms with E-state index in [2.05, 4.69) is 5.32 Å². The predicted octanol–water partition coefficient (Wildman–Crippen LogP) is 1.78. The largest absolute Gasteiger partial charge is 0.380 e. The van der Waals surface area contributed by atoms with Gasteiger partial charge in [-0.25, -0.2) is 0 Å².